The van der Waals surface area contributed by atoms with Crippen LogP contribution in [0.3, 0.4) is 0 Å². The highest BCUT2D eigenvalue weighted by Gasteiger charge is 2.33. The maximum atomic E-state index is 11.1. The third-order valence-corrected chi connectivity index (χ3v) is 2.35. The normalized spacial score (nSPS) is 16.9. The van der Waals surface area contributed by atoms with Gasteiger partial charge in [0.25, 0.3) is 0 Å². The number of nitrogens with zero attached hydrogens (tertiary/aromatic N) is 2. The van der Waals surface area contributed by atoms with E-state index in [1.165, 1.54) is 6.07 Å². The first kappa shape index (κ1) is 10.5. The van der Waals surface area contributed by atoms with E-state index in [1.54, 1.807) is 6.07 Å². The summed E-state index contributed by atoms with van der Waals surface area (Å²) in [5, 5.41) is 16.2. The fourth-order valence-electron chi connectivity index (χ4n) is 0.858. The fraction of sp³-hybridized carbons (Fsp3) is 0. The van der Waals surface area contributed by atoms with Gasteiger partial charge >= 0.3 is 0 Å². The largest absolute Gasteiger partial charge is 0.284 e. The van der Waals surface area contributed by atoms with Crippen LogP contribution in [0.15, 0.2) is 21.2 Å². The van der Waals surface area contributed by atoms with E-state index in [1.807, 2.05) is 0 Å². The number of nitriles is 2. The van der Waals surface area contributed by atoms with Crippen LogP contribution >= 0.6 is 23.2 Å². The molecule has 0 aromatic heterocycles. The van der Waals surface area contributed by atoms with Gasteiger partial charge in [0, 0.05) is 0 Å². The molecule has 0 bridgehead atoms. The zero-order valence-electron chi connectivity index (χ0n) is 6.47. The van der Waals surface area contributed by atoms with Gasteiger partial charge in [-0.15, -0.1) is 0 Å². The zero-order chi connectivity index (χ0) is 10.9. The number of rotatable bonds is 0. The average Bonchev–Trinajstić information content (AvgIpc) is 2.20. The molecule has 0 saturated heterocycles. The maximum absolute atomic E-state index is 11.1. The monoisotopic (exact) mass is 226 g/mol. The number of ketones is 2. The molecule has 14 heavy (non-hydrogen) atoms. The molecule has 0 atom stereocenters. The predicted octanol–water partition coefficient (Wildman–Crippen LogP) is 1.17. The molecule has 0 N–H and O–H groups in total. The highest BCUT2D eigenvalue weighted by Crippen LogP contribution is 2.30. The van der Waals surface area contributed by atoms with Gasteiger partial charge < -0.3 is 0 Å². The molecule has 0 aromatic rings. The Morgan fingerprint density at radius 1 is 0.857 bits per heavy atom. The molecule has 1 rings (SSSR count). The van der Waals surface area contributed by atoms with E-state index in [4.69, 9.17) is 33.7 Å². The van der Waals surface area contributed by atoms with Crippen LogP contribution in [0.1, 0.15) is 0 Å². The van der Waals surface area contributed by atoms with E-state index in [-0.39, 0.29) is 10.6 Å². The third-order valence-electron chi connectivity index (χ3n) is 1.52. The molecule has 0 fully saturated rings. The summed E-state index contributed by atoms with van der Waals surface area (Å²) in [6, 6.07) is 2.99. The summed E-state index contributed by atoms with van der Waals surface area (Å²) in [6.07, 6.45) is 0. The zero-order valence-corrected chi connectivity index (χ0v) is 7.98. The predicted molar refractivity (Wildman–Crippen MR) is 47.0 cm³/mol. The number of allylic oxidation sites excluding steroid dienone is 4. The molecule has 0 aromatic carbocycles. The van der Waals surface area contributed by atoms with Gasteiger partial charge in [0.2, 0.25) is 11.6 Å². The second kappa shape index (κ2) is 3.63. The molecule has 0 radical (unpaired) electrons. The molecule has 1 aliphatic rings. The lowest BCUT2D eigenvalue weighted by atomic mass is 9.97. The van der Waals surface area contributed by atoms with Crippen molar-refractivity contribution < 1.29 is 9.59 Å². The van der Waals surface area contributed by atoms with E-state index in [0.717, 1.165) is 0 Å². The Morgan fingerprint density at radius 3 is 1.79 bits per heavy atom. The lowest BCUT2D eigenvalue weighted by Gasteiger charge is -2.08. The molecule has 0 unspecified atom stereocenters. The molecule has 6 heteroatoms. The fourth-order valence-corrected chi connectivity index (χ4v) is 1.26. The van der Waals surface area contributed by atoms with Gasteiger partial charge in [-0.3, -0.25) is 9.59 Å². The van der Waals surface area contributed by atoms with E-state index in [9.17, 15) is 9.59 Å². The van der Waals surface area contributed by atoms with Crippen molar-refractivity contribution in [3.63, 3.8) is 0 Å². The van der Waals surface area contributed by atoms with Gasteiger partial charge in [0.05, 0.1) is 10.6 Å². The summed E-state index contributed by atoms with van der Waals surface area (Å²) >= 11 is 10.9. The summed E-state index contributed by atoms with van der Waals surface area (Å²) in [4.78, 5) is 22.2. The van der Waals surface area contributed by atoms with E-state index >= 15 is 0 Å². The van der Waals surface area contributed by atoms with Gasteiger partial charge in [-0.05, 0) is 0 Å². The minimum absolute atomic E-state index is 0.352. The van der Waals surface area contributed by atoms with Gasteiger partial charge in [-0.1, -0.05) is 23.2 Å². The number of carbonyl (C=O) groups excluding carboxylic acids is 2. The van der Waals surface area contributed by atoms with Crippen LogP contribution in [0, 0.1) is 22.7 Å². The standard InChI is InChI=1S/C8Cl2N2O2/c9-5-3(1-11)4(2-12)7(13)8(14)6(5)10. The van der Waals surface area contributed by atoms with Crippen LogP contribution in [0.25, 0.3) is 0 Å². The van der Waals surface area contributed by atoms with E-state index in [2.05, 4.69) is 0 Å². The van der Waals surface area contributed by atoms with Crippen LogP contribution < -0.4 is 0 Å². The molecule has 4 nitrogen and oxygen atoms in total. The van der Waals surface area contributed by atoms with Crippen molar-refractivity contribution in [1.82, 2.24) is 0 Å². The molecule has 0 aliphatic heterocycles. The molecule has 0 heterocycles. The van der Waals surface area contributed by atoms with Gasteiger partial charge in [0.1, 0.15) is 22.7 Å². The number of Topliss-reactive ketones (excluding diaryl/α,β-unsaturated/α-hetero) is 2. The van der Waals surface area contributed by atoms with Crippen LogP contribution in [-0.4, -0.2) is 11.6 Å². The second-order valence-electron chi connectivity index (χ2n) is 2.26. The lowest BCUT2D eigenvalue weighted by Crippen LogP contribution is -2.22. The van der Waals surface area contributed by atoms with Gasteiger partial charge in [0.15, 0.2) is 0 Å². The Bertz CT molecular complexity index is 472. The molecular formula is C8Cl2N2O2. The Kier molecular flexibility index (Phi) is 2.71. The van der Waals surface area contributed by atoms with E-state index < -0.39 is 22.2 Å². The summed E-state index contributed by atoms with van der Waals surface area (Å²) in [6.45, 7) is 0. The minimum atomic E-state index is -1.10. The Labute approximate surface area is 88.6 Å². The van der Waals surface area contributed by atoms with Crippen LogP contribution in [-0.2, 0) is 9.59 Å². The number of hydrogen-bond acceptors (Lipinski definition) is 4. The van der Waals surface area contributed by atoms with Crippen molar-refractivity contribution in [2.45, 2.75) is 0 Å². The first-order valence-corrected chi connectivity index (χ1v) is 3.99. The minimum Gasteiger partial charge on any atom is -0.284 e. The Hall–Kier alpha value is -1.62. The number of halogens is 2. The lowest BCUT2D eigenvalue weighted by molar-refractivity contribution is -0.131. The van der Waals surface area contributed by atoms with Crippen LogP contribution in [0.5, 0.6) is 0 Å². The van der Waals surface area contributed by atoms with Crippen molar-refractivity contribution in [3.8, 4) is 12.1 Å². The highest BCUT2D eigenvalue weighted by molar-refractivity contribution is 6.65. The summed E-state index contributed by atoms with van der Waals surface area (Å²) in [5.41, 5.74) is -0.921. The quantitative estimate of drug-likeness (QED) is 0.459. The topological polar surface area (TPSA) is 81.7 Å². The molecular weight excluding hydrogens is 227 g/mol. The third kappa shape index (κ3) is 1.31. The first-order valence-electron chi connectivity index (χ1n) is 3.23. The molecule has 0 amide bonds. The molecule has 0 spiro atoms. The number of carbonyl (C=O) groups is 2. The average molecular weight is 227 g/mol. The van der Waals surface area contributed by atoms with Crippen LogP contribution in [0.4, 0.5) is 0 Å². The SMILES string of the molecule is N#CC1=C(C#N)C(Cl)=C(Cl)C(=O)C1=O. The van der Waals surface area contributed by atoms with Crippen molar-refractivity contribution >= 4 is 34.8 Å². The first-order chi connectivity index (χ1) is 6.54. The summed E-state index contributed by atoms with van der Waals surface area (Å²) < 4.78 is 0. The van der Waals surface area contributed by atoms with Crippen molar-refractivity contribution in [1.29, 1.82) is 10.5 Å². The van der Waals surface area contributed by atoms with Gasteiger partial charge in [-0.2, -0.15) is 10.5 Å². The van der Waals surface area contributed by atoms with Gasteiger partial charge in [-0.25, -0.2) is 0 Å². The molecule has 68 valence electrons. The van der Waals surface area contributed by atoms with E-state index in [0.29, 0.717) is 0 Å². The second-order valence-corrected chi connectivity index (χ2v) is 3.02. The van der Waals surface area contributed by atoms with Crippen molar-refractivity contribution in [2.75, 3.05) is 0 Å². The summed E-state index contributed by atoms with van der Waals surface area (Å²) in [5.74, 6) is -2.16. The highest BCUT2D eigenvalue weighted by atomic mass is 35.5. The van der Waals surface area contributed by atoms with Crippen LogP contribution in [0.2, 0.25) is 0 Å². The smallest absolute Gasteiger partial charge is 0.247 e. The van der Waals surface area contributed by atoms with Crippen molar-refractivity contribution in [2.24, 2.45) is 0 Å². The Morgan fingerprint density at radius 2 is 1.36 bits per heavy atom. The number of hydrogen-bond donors (Lipinski definition) is 0. The molecule has 0 saturated carbocycles. The Balaban J connectivity index is 3.58. The summed E-state index contributed by atoms with van der Waals surface area (Å²) in [7, 11) is 0. The molecule has 1 aliphatic carbocycles. The maximum Gasteiger partial charge on any atom is 0.247 e. The van der Waals surface area contributed by atoms with Crippen molar-refractivity contribution in [3.05, 3.63) is 21.2 Å².